The van der Waals surface area contributed by atoms with Gasteiger partial charge in [-0.3, -0.25) is 0 Å². The Labute approximate surface area is 119 Å². The number of fused-ring (bicyclic) bond motifs is 1. The van der Waals surface area contributed by atoms with Crippen molar-refractivity contribution in [3.05, 3.63) is 33.8 Å². The molecule has 1 aliphatic rings. The number of halogens is 2. The Balaban J connectivity index is 2.27. The van der Waals surface area contributed by atoms with Crippen molar-refractivity contribution in [2.75, 3.05) is 11.9 Å². The van der Waals surface area contributed by atoms with E-state index in [4.69, 9.17) is 28.9 Å². The van der Waals surface area contributed by atoms with Crippen LogP contribution in [0.25, 0.3) is 11.3 Å². The third-order valence-corrected chi connectivity index (χ3v) is 3.69. The van der Waals surface area contributed by atoms with Gasteiger partial charge in [-0.25, -0.2) is 4.79 Å². The molecule has 0 saturated carbocycles. The summed E-state index contributed by atoms with van der Waals surface area (Å²) in [5.74, 6) is 0.624. The molecule has 5 nitrogen and oxygen atoms in total. The molecule has 3 rings (SSSR count). The van der Waals surface area contributed by atoms with E-state index in [1.54, 1.807) is 18.2 Å². The Hall–Kier alpha value is -1.72. The molecule has 0 saturated heterocycles. The molecule has 0 aliphatic carbocycles. The van der Waals surface area contributed by atoms with E-state index < -0.39 is 6.03 Å². The largest absolute Gasteiger partial charge is 0.369 e. The zero-order chi connectivity index (χ0) is 13.6. The number of carbonyl (C=O) groups excluding carboxylic acids is 1. The number of benzene rings is 1. The molecule has 1 amide bonds. The lowest BCUT2D eigenvalue weighted by molar-refractivity contribution is 0.248. The van der Waals surface area contributed by atoms with E-state index in [1.165, 1.54) is 0 Å². The minimum Gasteiger partial charge on any atom is -0.369 e. The molecule has 1 aliphatic heterocycles. The number of nitrogens with zero attached hydrogens (tertiary/aromatic N) is 2. The lowest BCUT2D eigenvalue weighted by Crippen LogP contribution is -2.22. The summed E-state index contributed by atoms with van der Waals surface area (Å²) in [7, 11) is 0. The molecule has 98 valence electrons. The molecule has 1 aromatic carbocycles. The number of nitrogens with two attached hydrogens (primary N) is 1. The van der Waals surface area contributed by atoms with Crippen molar-refractivity contribution in [3.8, 4) is 11.3 Å². The highest BCUT2D eigenvalue weighted by molar-refractivity contribution is 6.39. The molecule has 2 heterocycles. The van der Waals surface area contributed by atoms with E-state index in [9.17, 15) is 4.79 Å². The molecule has 19 heavy (non-hydrogen) atoms. The average molecular weight is 297 g/mol. The van der Waals surface area contributed by atoms with Gasteiger partial charge in [0, 0.05) is 17.7 Å². The standard InChI is InChI=1S/C12H10Cl2N4O/c13-7-2-1-3-8(14)9(7)10-6-4-5-16-11(6)18(17-10)12(15)19/h1-3,16H,4-5H2,(H2,15,19). The molecule has 0 spiro atoms. The maximum atomic E-state index is 11.4. The van der Waals surface area contributed by atoms with Crippen LogP contribution in [0.3, 0.4) is 0 Å². The average Bonchev–Trinajstić information content (AvgIpc) is 2.91. The molecular formula is C12H10Cl2N4O. The van der Waals surface area contributed by atoms with Crippen molar-refractivity contribution >= 4 is 35.1 Å². The highest BCUT2D eigenvalue weighted by Crippen LogP contribution is 2.39. The second kappa shape index (κ2) is 4.43. The van der Waals surface area contributed by atoms with Crippen LogP contribution < -0.4 is 11.1 Å². The summed E-state index contributed by atoms with van der Waals surface area (Å²) >= 11 is 12.4. The van der Waals surface area contributed by atoms with Crippen LogP contribution in [0, 0.1) is 0 Å². The first-order chi connectivity index (χ1) is 9.09. The van der Waals surface area contributed by atoms with Crippen LogP contribution in [0.4, 0.5) is 10.6 Å². The number of rotatable bonds is 1. The minimum atomic E-state index is -0.639. The molecule has 7 heteroatoms. The Morgan fingerprint density at radius 3 is 2.68 bits per heavy atom. The highest BCUT2D eigenvalue weighted by Gasteiger charge is 2.27. The van der Waals surface area contributed by atoms with Crippen LogP contribution >= 0.6 is 23.2 Å². The van der Waals surface area contributed by atoms with Gasteiger partial charge >= 0.3 is 6.03 Å². The van der Waals surface area contributed by atoms with Crippen LogP contribution in [0.2, 0.25) is 10.0 Å². The lowest BCUT2D eigenvalue weighted by atomic mass is 10.1. The summed E-state index contributed by atoms with van der Waals surface area (Å²) in [5, 5.41) is 8.32. The Morgan fingerprint density at radius 2 is 2.05 bits per heavy atom. The van der Waals surface area contributed by atoms with Crippen LogP contribution in [0.15, 0.2) is 18.2 Å². The maximum absolute atomic E-state index is 11.4. The summed E-state index contributed by atoms with van der Waals surface area (Å²) in [5.41, 5.74) is 7.46. The van der Waals surface area contributed by atoms with Crippen molar-refractivity contribution < 1.29 is 4.79 Å². The molecule has 1 aromatic heterocycles. The minimum absolute atomic E-state index is 0.497. The summed E-state index contributed by atoms with van der Waals surface area (Å²) in [6.07, 6.45) is 0.750. The quantitative estimate of drug-likeness (QED) is 0.850. The molecule has 3 N–H and O–H groups in total. The van der Waals surface area contributed by atoms with Gasteiger partial charge in [0.15, 0.2) is 0 Å². The normalized spacial score (nSPS) is 13.2. The van der Waals surface area contributed by atoms with Crippen LogP contribution in [-0.2, 0) is 6.42 Å². The zero-order valence-electron chi connectivity index (χ0n) is 9.78. The number of hydrogen-bond donors (Lipinski definition) is 2. The third kappa shape index (κ3) is 1.86. The summed E-state index contributed by atoms with van der Waals surface area (Å²) in [6, 6.07) is 4.60. The van der Waals surface area contributed by atoms with Gasteiger partial charge in [-0.1, -0.05) is 29.3 Å². The first-order valence-corrected chi connectivity index (χ1v) is 6.45. The second-order valence-corrected chi connectivity index (χ2v) is 5.01. The monoisotopic (exact) mass is 296 g/mol. The number of amides is 1. The van der Waals surface area contributed by atoms with Gasteiger partial charge < -0.3 is 11.1 Å². The van der Waals surface area contributed by atoms with Crippen LogP contribution in [0.1, 0.15) is 5.56 Å². The third-order valence-electron chi connectivity index (χ3n) is 3.06. The fourth-order valence-corrected chi connectivity index (χ4v) is 2.84. The SMILES string of the molecule is NC(=O)n1nc(-c2c(Cl)cccc2Cl)c2c1NCC2. The molecule has 0 radical (unpaired) electrons. The fourth-order valence-electron chi connectivity index (χ4n) is 2.26. The lowest BCUT2D eigenvalue weighted by Gasteiger charge is -2.05. The summed E-state index contributed by atoms with van der Waals surface area (Å²) < 4.78 is 1.15. The maximum Gasteiger partial charge on any atom is 0.341 e. The van der Waals surface area contributed by atoms with Gasteiger partial charge in [-0.15, -0.1) is 0 Å². The van der Waals surface area contributed by atoms with Gasteiger partial charge in [0.2, 0.25) is 0 Å². The van der Waals surface area contributed by atoms with Gasteiger partial charge in [0.25, 0.3) is 0 Å². The van der Waals surface area contributed by atoms with Gasteiger partial charge in [-0.2, -0.15) is 9.78 Å². The van der Waals surface area contributed by atoms with Crippen LogP contribution in [0.5, 0.6) is 0 Å². The molecule has 0 unspecified atom stereocenters. The second-order valence-electron chi connectivity index (χ2n) is 4.20. The number of nitrogens with one attached hydrogen (secondary N) is 1. The predicted octanol–water partition coefficient (Wildman–Crippen LogP) is 2.75. The molecular weight excluding hydrogens is 287 g/mol. The van der Waals surface area contributed by atoms with E-state index >= 15 is 0 Å². The van der Waals surface area contributed by atoms with Crippen LogP contribution in [-0.4, -0.2) is 22.4 Å². The molecule has 0 atom stereocenters. The predicted molar refractivity (Wildman–Crippen MR) is 74.9 cm³/mol. The van der Waals surface area contributed by atoms with E-state index in [2.05, 4.69) is 10.4 Å². The first kappa shape index (κ1) is 12.3. The Kier molecular flexibility index (Phi) is 2.88. The van der Waals surface area contributed by atoms with Gasteiger partial charge in [-0.05, 0) is 18.6 Å². The fraction of sp³-hybridized carbons (Fsp3) is 0.167. The number of aromatic nitrogens is 2. The topological polar surface area (TPSA) is 72.9 Å². The molecule has 2 aromatic rings. The highest BCUT2D eigenvalue weighted by atomic mass is 35.5. The Bertz CT molecular complexity index is 660. The van der Waals surface area contributed by atoms with Crippen molar-refractivity contribution in [2.24, 2.45) is 5.73 Å². The molecule has 0 bridgehead atoms. The Morgan fingerprint density at radius 1 is 1.37 bits per heavy atom. The van der Waals surface area contributed by atoms with Gasteiger partial charge in [0.05, 0.1) is 10.0 Å². The van der Waals surface area contributed by atoms with Gasteiger partial charge in [0.1, 0.15) is 11.5 Å². The molecule has 0 fully saturated rings. The van der Waals surface area contributed by atoms with E-state index in [0.29, 0.717) is 27.1 Å². The summed E-state index contributed by atoms with van der Waals surface area (Å²) in [6.45, 7) is 0.732. The van der Waals surface area contributed by atoms with E-state index in [0.717, 1.165) is 23.2 Å². The van der Waals surface area contributed by atoms with Crippen molar-refractivity contribution in [1.29, 1.82) is 0 Å². The first-order valence-electron chi connectivity index (χ1n) is 5.69. The zero-order valence-corrected chi connectivity index (χ0v) is 11.3. The van der Waals surface area contributed by atoms with E-state index in [1.807, 2.05) is 0 Å². The number of primary amides is 1. The number of hydrogen-bond acceptors (Lipinski definition) is 3. The summed E-state index contributed by atoms with van der Waals surface area (Å²) in [4.78, 5) is 11.4. The van der Waals surface area contributed by atoms with Crippen molar-refractivity contribution in [3.63, 3.8) is 0 Å². The van der Waals surface area contributed by atoms with Crippen molar-refractivity contribution in [1.82, 2.24) is 9.78 Å². The smallest absolute Gasteiger partial charge is 0.341 e. The number of carbonyl (C=O) groups is 1. The van der Waals surface area contributed by atoms with E-state index in [-0.39, 0.29) is 0 Å². The van der Waals surface area contributed by atoms with Crippen molar-refractivity contribution in [2.45, 2.75) is 6.42 Å². The number of anilines is 1.